The van der Waals surface area contributed by atoms with Gasteiger partial charge in [0, 0.05) is 10.6 Å². The van der Waals surface area contributed by atoms with Gasteiger partial charge in [0.1, 0.15) is 0 Å². The van der Waals surface area contributed by atoms with Crippen molar-refractivity contribution in [1.82, 2.24) is 0 Å². The summed E-state index contributed by atoms with van der Waals surface area (Å²) in [6, 6.07) is 10.7. The minimum absolute atomic E-state index is 0. The van der Waals surface area contributed by atoms with Crippen molar-refractivity contribution in [3.63, 3.8) is 0 Å². The summed E-state index contributed by atoms with van der Waals surface area (Å²) in [5, 5.41) is 14.4. The van der Waals surface area contributed by atoms with Crippen LogP contribution in [-0.2, 0) is 0 Å². The molecule has 1 amide bonds. The van der Waals surface area contributed by atoms with Crippen molar-refractivity contribution in [1.29, 1.82) is 0 Å². The molecule has 1 heterocycles. The molecule has 0 saturated heterocycles. The summed E-state index contributed by atoms with van der Waals surface area (Å²) in [7, 11) is 0. The summed E-state index contributed by atoms with van der Waals surface area (Å²) in [6.45, 7) is 0. The van der Waals surface area contributed by atoms with Gasteiger partial charge in [-0.3, -0.25) is 9.59 Å². The number of anilines is 1. The Morgan fingerprint density at radius 2 is 1.79 bits per heavy atom. The van der Waals surface area contributed by atoms with Crippen LogP contribution in [0.3, 0.4) is 0 Å². The van der Waals surface area contributed by atoms with Crippen LogP contribution < -0.4 is 5.32 Å². The van der Waals surface area contributed by atoms with E-state index in [0.29, 0.717) is 21.0 Å². The average molecular weight is 428 g/mol. The zero-order chi connectivity index (χ0) is 19.6. The zero-order valence-corrected chi connectivity index (χ0v) is 15.9. The fourth-order valence-electron chi connectivity index (χ4n) is 2.51. The van der Waals surface area contributed by atoms with Gasteiger partial charge in [-0.25, -0.2) is 4.79 Å². The first kappa shape index (κ1) is 22.2. The van der Waals surface area contributed by atoms with Crippen molar-refractivity contribution >= 4 is 77.2 Å². The Morgan fingerprint density at radius 3 is 2.43 bits per heavy atom. The molecule has 2 N–H and O–H groups in total. The Balaban J connectivity index is 0.00000280. The second kappa shape index (κ2) is 9.42. The summed E-state index contributed by atoms with van der Waals surface area (Å²) < 4.78 is 0. The van der Waals surface area contributed by atoms with Gasteiger partial charge in [-0.1, -0.05) is 29.3 Å². The van der Waals surface area contributed by atoms with E-state index < -0.39 is 11.9 Å². The molecule has 0 fully saturated rings. The van der Waals surface area contributed by atoms with Crippen LogP contribution in [0.15, 0.2) is 47.8 Å². The Labute approximate surface area is 186 Å². The molecular weight excluding hydrogens is 416 g/mol. The summed E-state index contributed by atoms with van der Waals surface area (Å²) in [5.74, 6) is -1.77. The summed E-state index contributed by atoms with van der Waals surface area (Å²) >= 11 is 13.1. The molecule has 0 spiro atoms. The molecule has 0 atom stereocenters. The van der Waals surface area contributed by atoms with Crippen molar-refractivity contribution in [2.24, 2.45) is 0 Å². The van der Waals surface area contributed by atoms with E-state index in [9.17, 15) is 19.5 Å². The normalized spacial score (nSPS) is 10.1. The van der Waals surface area contributed by atoms with Crippen LogP contribution in [0.25, 0.3) is 11.1 Å². The van der Waals surface area contributed by atoms with Crippen LogP contribution >= 0.6 is 34.5 Å². The molecule has 0 aliphatic rings. The number of nitrogens with one attached hydrogen (secondary N) is 1. The summed E-state index contributed by atoms with van der Waals surface area (Å²) in [6.07, 6.45) is 0.721. The second-order valence-corrected chi connectivity index (χ2v) is 7.25. The maximum absolute atomic E-state index is 12.5. The molecular formula is C19H12Cl2LiNO4S. The van der Waals surface area contributed by atoms with Crippen molar-refractivity contribution in [3.8, 4) is 11.1 Å². The molecule has 0 saturated carbocycles. The van der Waals surface area contributed by atoms with Crippen LogP contribution in [0.2, 0.25) is 10.0 Å². The molecule has 0 aliphatic heterocycles. The Kier molecular flexibility index (Phi) is 7.47. The van der Waals surface area contributed by atoms with Gasteiger partial charge in [0.05, 0.1) is 26.7 Å². The fourth-order valence-corrected chi connectivity index (χ4v) is 3.73. The minimum atomic E-state index is -1.21. The zero-order valence-electron chi connectivity index (χ0n) is 13.5. The van der Waals surface area contributed by atoms with Crippen LogP contribution in [0.5, 0.6) is 0 Å². The third kappa shape index (κ3) is 4.66. The molecule has 2 aromatic carbocycles. The van der Waals surface area contributed by atoms with E-state index in [0.717, 1.165) is 6.29 Å². The Bertz CT molecular complexity index is 1070. The van der Waals surface area contributed by atoms with E-state index in [1.54, 1.807) is 17.5 Å². The van der Waals surface area contributed by atoms with E-state index in [1.165, 1.54) is 41.7 Å². The Hall–Kier alpha value is -2.07. The van der Waals surface area contributed by atoms with Gasteiger partial charge in [0.25, 0.3) is 5.91 Å². The predicted octanol–water partition coefficient (Wildman–Crippen LogP) is 4.84. The van der Waals surface area contributed by atoms with Crippen LogP contribution in [0.1, 0.15) is 30.4 Å². The first-order chi connectivity index (χ1) is 12.9. The van der Waals surface area contributed by atoms with Crippen LogP contribution in [0, 0.1) is 0 Å². The molecule has 3 rings (SSSR count). The van der Waals surface area contributed by atoms with Gasteiger partial charge >= 0.3 is 24.8 Å². The van der Waals surface area contributed by atoms with E-state index in [1.807, 2.05) is 0 Å². The topological polar surface area (TPSA) is 83.5 Å². The number of carbonyl (C=O) groups excluding carboxylic acids is 2. The predicted molar refractivity (Wildman–Crippen MR) is 114 cm³/mol. The molecule has 9 heteroatoms. The van der Waals surface area contributed by atoms with Crippen molar-refractivity contribution < 1.29 is 19.5 Å². The fraction of sp³-hybridized carbons (Fsp3) is 0. The number of rotatable bonds is 5. The average Bonchev–Trinajstić information content (AvgIpc) is 3.10. The Morgan fingerprint density at radius 1 is 1.04 bits per heavy atom. The second-order valence-electron chi connectivity index (χ2n) is 5.46. The number of halogens is 2. The molecule has 0 radical (unpaired) electrons. The van der Waals surface area contributed by atoms with Crippen molar-refractivity contribution in [3.05, 3.63) is 73.9 Å². The van der Waals surface area contributed by atoms with E-state index in [2.05, 4.69) is 5.32 Å². The first-order valence-corrected chi connectivity index (χ1v) is 9.21. The summed E-state index contributed by atoms with van der Waals surface area (Å²) in [4.78, 5) is 35.7. The molecule has 0 bridgehead atoms. The number of aldehydes is 1. The number of hydrogen-bond donors (Lipinski definition) is 2. The van der Waals surface area contributed by atoms with E-state index >= 15 is 0 Å². The molecule has 0 unspecified atom stereocenters. The van der Waals surface area contributed by atoms with Gasteiger partial charge in [-0.15, -0.1) is 11.3 Å². The number of carboxylic acid groups (broad SMARTS) is 1. The maximum atomic E-state index is 12.5. The quantitative estimate of drug-likeness (QED) is 0.450. The number of thiophene rings is 1. The standard InChI is InChI=1S/C19H11Cl2NO4S.Li.H/c20-11-2-3-13(15(21)8-11)18(24)22-16-4-1-10(7-14(16)19(25)26)12-5-6-27-17(12)9-23;;/h1-9H,(H,22,24)(H,25,26);;. The molecule has 5 nitrogen and oxygen atoms in total. The van der Waals surface area contributed by atoms with E-state index in [4.69, 9.17) is 23.2 Å². The van der Waals surface area contributed by atoms with Crippen molar-refractivity contribution in [2.75, 3.05) is 5.32 Å². The number of benzene rings is 2. The molecule has 3 aromatic rings. The number of aromatic carboxylic acids is 1. The molecule has 0 aliphatic carbocycles. The van der Waals surface area contributed by atoms with Crippen molar-refractivity contribution in [2.45, 2.75) is 0 Å². The number of carbonyl (C=O) groups is 3. The number of carboxylic acids is 1. The van der Waals surface area contributed by atoms with Crippen LogP contribution in [-0.4, -0.2) is 42.1 Å². The third-order valence-corrected chi connectivity index (χ3v) is 5.18. The van der Waals surface area contributed by atoms with Gasteiger partial charge in [-0.05, 0) is 47.3 Å². The van der Waals surface area contributed by atoms with Gasteiger partial charge in [0.2, 0.25) is 0 Å². The third-order valence-electron chi connectivity index (χ3n) is 3.79. The van der Waals surface area contributed by atoms with Crippen LogP contribution in [0.4, 0.5) is 5.69 Å². The van der Waals surface area contributed by atoms with Gasteiger partial charge < -0.3 is 10.4 Å². The molecule has 1 aromatic heterocycles. The first-order valence-electron chi connectivity index (χ1n) is 7.57. The summed E-state index contributed by atoms with van der Waals surface area (Å²) in [5.41, 5.74) is 1.39. The SMILES string of the molecule is O=Cc1sccc1-c1ccc(NC(=O)c2ccc(Cl)cc2Cl)c(C(=O)O)c1.[LiH]. The number of amides is 1. The van der Waals surface area contributed by atoms with Gasteiger partial charge in [0.15, 0.2) is 6.29 Å². The molecule has 28 heavy (non-hydrogen) atoms. The monoisotopic (exact) mass is 427 g/mol. The molecule has 138 valence electrons. The number of hydrogen-bond acceptors (Lipinski definition) is 4. The van der Waals surface area contributed by atoms with Gasteiger partial charge in [-0.2, -0.15) is 0 Å². The van der Waals surface area contributed by atoms with E-state index in [-0.39, 0.29) is 40.7 Å².